The van der Waals surface area contributed by atoms with E-state index in [2.05, 4.69) is 34.0 Å². The number of amides is 1. The third-order valence-electron chi connectivity index (χ3n) is 5.88. The number of aliphatic imine (C=N–C) groups is 1. The van der Waals surface area contributed by atoms with Gasteiger partial charge in [0.2, 0.25) is 5.91 Å². The van der Waals surface area contributed by atoms with Crippen LogP contribution in [0.25, 0.3) is 0 Å². The predicted octanol–water partition coefficient (Wildman–Crippen LogP) is 3.23. The summed E-state index contributed by atoms with van der Waals surface area (Å²) in [5.74, 6) is 0.730. The van der Waals surface area contributed by atoms with Gasteiger partial charge in [-0.2, -0.15) is 0 Å². The molecule has 2 aliphatic carbocycles. The summed E-state index contributed by atoms with van der Waals surface area (Å²) in [6.07, 6.45) is 6.33. The summed E-state index contributed by atoms with van der Waals surface area (Å²) in [4.78, 5) is 19.4. The maximum atomic E-state index is 12.0. The average Bonchev–Trinajstić information content (AvgIpc) is 3.35. The van der Waals surface area contributed by atoms with Gasteiger partial charge in [-0.1, -0.05) is 18.9 Å². The Morgan fingerprint density at radius 3 is 2.75 bits per heavy atom. The summed E-state index contributed by atoms with van der Waals surface area (Å²) in [5, 5.41) is 9.10. The van der Waals surface area contributed by atoms with Gasteiger partial charge >= 0.3 is 0 Å². The van der Waals surface area contributed by atoms with E-state index in [1.54, 1.807) is 30.3 Å². The van der Waals surface area contributed by atoms with Crippen LogP contribution in [0.4, 0.5) is 0 Å². The Hall–Kier alpha value is -0.870. The lowest BCUT2D eigenvalue weighted by Gasteiger charge is -2.54. The van der Waals surface area contributed by atoms with Gasteiger partial charge in [0, 0.05) is 37.0 Å². The first-order valence-corrected chi connectivity index (χ1v) is 10.8. The van der Waals surface area contributed by atoms with E-state index in [1.165, 1.54) is 30.6 Å². The first-order valence-electron chi connectivity index (χ1n) is 9.94. The molecule has 2 N–H and O–H groups in total. The number of carbonyl (C=O) groups excluding carboxylic acids is 1. The highest BCUT2D eigenvalue weighted by atomic mass is 127. The van der Waals surface area contributed by atoms with Crippen LogP contribution in [0.1, 0.15) is 43.9 Å². The zero-order chi connectivity index (χ0) is 19.3. The van der Waals surface area contributed by atoms with Crippen molar-refractivity contribution in [3.8, 4) is 0 Å². The van der Waals surface area contributed by atoms with E-state index in [0.717, 1.165) is 19.0 Å². The molecule has 2 fully saturated rings. The standard InChI is InChI=1S/C20H32N4O2S.HI/c1-4-26-17-12-16(20(17)9-5-6-10-20)23-19(22-14-18(25)24(2)3)21-13-15-8-7-11-27-15;/h7-8,11,16-17H,4-6,9-10,12-14H2,1-3H3,(H2,21,22,23);1H. The number of thiophene rings is 1. The van der Waals surface area contributed by atoms with Gasteiger partial charge in [-0.3, -0.25) is 4.79 Å². The van der Waals surface area contributed by atoms with Crippen LogP contribution in [-0.4, -0.2) is 56.2 Å². The minimum atomic E-state index is 0. The molecule has 1 spiro atoms. The van der Waals surface area contributed by atoms with Crippen molar-refractivity contribution in [2.75, 3.05) is 27.2 Å². The van der Waals surface area contributed by atoms with Crippen LogP contribution >= 0.6 is 35.3 Å². The van der Waals surface area contributed by atoms with Gasteiger partial charge in [-0.25, -0.2) is 4.99 Å². The molecule has 1 aromatic rings. The molecule has 158 valence electrons. The third kappa shape index (κ3) is 5.38. The molecule has 1 aromatic heterocycles. The second-order valence-electron chi connectivity index (χ2n) is 7.70. The Morgan fingerprint density at radius 2 is 2.14 bits per heavy atom. The molecule has 0 aliphatic heterocycles. The van der Waals surface area contributed by atoms with E-state index in [9.17, 15) is 4.79 Å². The molecule has 6 nitrogen and oxygen atoms in total. The van der Waals surface area contributed by atoms with Crippen molar-refractivity contribution in [2.24, 2.45) is 10.4 Å². The highest BCUT2D eigenvalue weighted by molar-refractivity contribution is 14.0. The van der Waals surface area contributed by atoms with E-state index in [0.29, 0.717) is 18.7 Å². The van der Waals surface area contributed by atoms with E-state index in [4.69, 9.17) is 4.74 Å². The smallest absolute Gasteiger partial charge is 0.243 e. The third-order valence-corrected chi connectivity index (χ3v) is 6.76. The van der Waals surface area contributed by atoms with Crippen molar-refractivity contribution in [3.63, 3.8) is 0 Å². The molecule has 2 aliphatic rings. The molecule has 28 heavy (non-hydrogen) atoms. The molecular formula is C20H33IN4O2S. The van der Waals surface area contributed by atoms with Crippen LogP contribution in [0, 0.1) is 5.41 Å². The van der Waals surface area contributed by atoms with Gasteiger partial charge in [0.15, 0.2) is 5.96 Å². The molecule has 2 atom stereocenters. The number of carbonyl (C=O) groups is 1. The quantitative estimate of drug-likeness (QED) is 0.329. The fourth-order valence-electron chi connectivity index (χ4n) is 4.28. The van der Waals surface area contributed by atoms with Crippen molar-refractivity contribution < 1.29 is 9.53 Å². The first-order chi connectivity index (χ1) is 13.0. The lowest BCUT2D eigenvalue weighted by atomic mass is 9.60. The average molecular weight is 520 g/mol. The number of rotatable bonds is 7. The largest absolute Gasteiger partial charge is 0.378 e. The molecular weight excluding hydrogens is 487 g/mol. The maximum absolute atomic E-state index is 12.0. The Balaban J connectivity index is 0.00000280. The van der Waals surface area contributed by atoms with Gasteiger partial charge in [0.05, 0.1) is 12.6 Å². The number of nitrogens with zero attached hydrogens (tertiary/aromatic N) is 2. The van der Waals surface area contributed by atoms with Gasteiger partial charge in [-0.05, 0) is 37.6 Å². The lowest BCUT2D eigenvalue weighted by Crippen LogP contribution is -2.65. The normalized spacial score (nSPS) is 23.0. The SMILES string of the molecule is CCOC1CC(NC(=NCC(=O)N(C)C)NCc2cccs2)C12CCCC2.I. The lowest BCUT2D eigenvalue weighted by molar-refractivity contribution is -0.127. The summed E-state index contributed by atoms with van der Waals surface area (Å²) in [5.41, 5.74) is 0.229. The highest BCUT2D eigenvalue weighted by Crippen LogP contribution is 2.54. The summed E-state index contributed by atoms with van der Waals surface area (Å²) in [7, 11) is 3.52. The van der Waals surface area contributed by atoms with Crippen LogP contribution < -0.4 is 10.6 Å². The summed E-state index contributed by atoms with van der Waals surface area (Å²) >= 11 is 1.72. The number of guanidine groups is 1. The molecule has 8 heteroatoms. The van der Waals surface area contributed by atoms with E-state index >= 15 is 0 Å². The van der Waals surface area contributed by atoms with Crippen LogP contribution in [0.3, 0.4) is 0 Å². The fraction of sp³-hybridized carbons (Fsp3) is 0.700. The Bertz CT molecular complexity index is 645. The molecule has 0 bridgehead atoms. The molecule has 2 unspecified atom stereocenters. The molecule has 1 amide bonds. The van der Waals surface area contributed by atoms with Crippen LogP contribution in [-0.2, 0) is 16.1 Å². The zero-order valence-electron chi connectivity index (χ0n) is 17.1. The van der Waals surface area contributed by atoms with Crippen molar-refractivity contribution in [1.82, 2.24) is 15.5 Å². The summed E-state index contributed by atoms with van der Waals surface area (Å²) in [6.45, 7) is 3.72. The number of likely N-dealkylation sites (N-methyl/N-ethyl adjacent to an activating group) is 1. The minimum Gasteiger partial charge on any atom is -0.378 e. The van der Waals surface area contributed by atoms with Crippen LogP contribution in [0.15, 0.2) is 22.5 Å². The predicted molar refractivity (Wildman–Crippen MR) is 125 cm³/mol. The van der Waals surface area contributed by atoms with E-state index < -0.39 is 0 Å². The zero-order valence-corrected chi connectivity index (χ0v) is 20.2. The van der Waals surface area contributed by atoms with E-state index in [1.807, 2.05) is 6.07 Å². The van der Waals surface area contributed by atoms with Crippen molar-refractivity contribution in [3.05, 3.63) is 22.4 Å². The topological polar surface area (TPSA) is 66.0 Å². The Morgan fingerprint density at radius 1 is 1.39 bits per heavy atom. The number of halogens is 1. The van der Waals surface area contributed by atoms with Gasteiger partial charge in [0.1, 0.15) is 6.54 Å². The maximum Gasteiger partial charge on any atom is 0.243 e. The number of hydrogen-bond acceptors (Lipinski definition) is 4. The van der Waals surface area contributed by atoms with E-state index in [-0.39, 0.29) is 41.8 Å². The molecule has 2 saturated carbocycles. The molecule has 3 rings (SSSR count). The first kappa shape index (κ1) is 23.4. The molecule has 0 radical (unpaired) electrons. The minimum absolute atomic E-state index is 0. The number of ether oxygens (including phenoxy) is 1. The Kier molecular flexibility index (Phi) is 9.01. The van der Waals surface area contributed by atoms with Crippen molar-refractivity contribution in [2.45, 2.75) is 57.7 Å². The van der Waals surface area contributed by atoms with Crippen LogP contribution in [0.5, 0.6) is 0 Å². The molecule has 0 saturated heterocycles. The number of hydrogen-bond donors (Lipinski definition) is 2. The highest BCUT2D eigenvalue weighted by Gasteiger charge is 2.56. The number of nitrogens with one attached hydrogen (secondary N) is 2. The van der Waals surface area contributed by atoms with Crippen molar-refractivity contribution in [1.29, 1.82) is 0 Å². The fourth-order valence-corrected chi connectivity index (χ4v) is 4.92. The monoisotopic (exact) mass is 520 g/mol. The van der Waals surface area contributed by atoms with Gasteiger partial charge < -0.3 is 20.3 Å². The summed E-state index contributed by atoms with van der Waals surface area (Å²) in [6, 6.07) is 4.52. The van der Waals surface area contributed by atoms with Gasteiger partial charge in [-0.15, -0.1) is 35.3 Å². The molecule has 1 heterocycles. The summed E-state index contributed by atoms with van der Waals surface area (Å²) < 4.78 is 6.02. The molecule has 0 aromatic carbocycles. The Labute approximate surface area is 189 Å². The van der Waals surface area contributed by atoms with Crippen LogP contribution in [0.2, 0.25) is 0 Å². The second kappa shape index (κ2) is 10.8. The second-order valence-corrected chi connectivity index (χ2v) is 8.74. The van der Waals surface area contributed by atoms with Crippen molar-refractivity contribution >= 4 is 47.2 Å². The van der Waals surface area contributed by atoms with Gasteiger partial charge in [0.25, 0.3) is 0 Å².